The lowest BCUT2D eigenvalue weighted by atomic mass is 9.71. The van der Waals surface area contributed by atoms with Gasteiger partial charge < -0.3 is 10.6 Å². The summed E-state index contributed by atoms with van der Waals surface area (Å²) in [5.74, 6) is 0.812. The van der Waals surface area contributed by atoms with Gasteiger partial charge in [0, 0.05) is 12.6 Å². The van der Waals surface area contributed by atoms with Crippen molar-refractivity contribution in [3.05, 3.63) is 0 Å². The molecule has 0 aromatic rings. The van der Waals surface area contributed by atoms with Gasteiger partial charge in [0.15, 0.2) is 0 Å². The number of hydrogen-bond donors (Lipinski definition) is 1. The summed E-state index contributed by atoms with van der Waals surface area (Å²) in [7, 11) is 0. The number of hydrogen-bond acceptors (Lipinski definition) is 2. The summed E-state index contributed by atoms with van der Waals surface area (Å²) in [6.07, 6.45) is 8.34. The van der Waals surface area contributed by atoms with Gasteiger partial charge in [0.2, 0.25) is 0 Å². The van der Waals surface area contributed by atoms with E-state index < -0.39 is 0 Å². The topological polar surface area (TPSA) is 29.3 Å². The van der Waals surface area contributed by atoms with Gasteiger partial charge in [-0.15, -0.1) is 0 Å². The number of rotatable bonds is 3. The van der Waals surface area contributed by atoms with Crippen molar-refractivity contribution in [2.24, 2.45) is 17.1 Å². The van der Waals surface area contributed by atoms with Crippen LogP contribution in [0.3, 0.4) is 0 Å². The molecule has 1 saturated carbocycles. The molecular formula is C14H28N2. The van der Waals surface area contributed by atoms with E-state index in [4.69, 9.17) is 5.73 Å². The maximum atomic E-state index is 5.76. The molecule has 1 unspecified atom stereocenters. The normalized spacial score (nSPS) is 32.1. The van der Waals surface area contributed by atoms with Crippen molar-refractivity contribution in [2.75, 3.05) is 19.6 Å². The van der Waals surface area contributed by atoms with E-state index in [0.717, 1.165) is 18.5 Å². The lowest BCUT2D eigenvalue weighted by Crippen LogP contribution is -2.48. The second-order valence-electron chi connectivity index (χ2n) is 6.45. The highest BCUT2D eigenvalue weighted by molar-refractivity contribution is 4.90. The molecule has 1 saturated heterocycles. The molecule has 2 N–H and O–H groups in total. The fourth-order valence-electron chi connectivity index (χ4n) is 3.54. The molecule has 94 valence electrons. The van der Waals surface area contributed by atoms with Gasteiger partial charge in [0.05, 0.1) is 0 Å². The van der Waals surface area contributed by atoms with Gasteiger partial charge in [-0.05, 0) is 50.1 Å². The molecule has 1 aliphatic carbocycles. The van der Waals surface area contributed by atoms with Crippen LogP contribution in [-0.4, -0.2) is 30.6 Å². The Bertz CT molecular complexity index is 219. The molecule has 0 aromatic carbocycles. The molecule has 16 heavy (non-hydrogen) atoms. The van der Waals surface area contributed by atoms with Crippen molar-refractivity contribution in [1.82, 2.24) is 4.90 Å². The average Bonchev–Trinajstić information content (AvgIpc) is 2.74. The fourth-order valence-corrected chi connectivity index (χ4v) is 3.54. The average molecular weight is 224 g/mol. The molecule has 0 spiro atoms. The van der Waals surface area contributed by atoms with Gasteiger partial charge in [-0.25, -0.2) is 0 Å². The third-order valence-corrected chi connectivity index (χ3v) is 4.96. The Morgan fingerprint density at radius 2 is 1.94 bits per heavy atom. The van der Waals surface area contributed by atoms with Crippen molar-refractivity contribution in [1.29, 1.82) is 0 Å². The molecule has 0 aromatic heterocycles. The third kappa shape index (κ3) is 2.60. The molecule has 0 bridgehead atoms. The van der Waals surface area contributed by atoms with Crippen LogP contribution in [0.1, 0.15) is 52.4 Å². The van der Waals surface area contributed by atoms with Crippen LogP contribution in [0.2, 0.25) is 0 Å². The molecule has 2 nitrogen and oxygen atoms in total. The van der Waals surface area contributed by atoms with Crippen molar-refractivity contribution < 1.29 is 0 Å². The molecule has 1 heterocycles. The first kappa shape index (κ1) is 12.4. The van der Waals surface area contributed by atoms with Crippen LogP contribution < -0.4 is 5.73 Å². The summed E-state index contributed by atoms with van der Waals surface area (Å²) in [4.78, 5) is 2.76. The van der Waals surface area contributed by atoms with Crippen LogP contribution in [-0.2, 0) is 0 Å². The van der Waals surface area contributed by atoms with E-state index in [1.807, 2.05) is 0 Å². The predicted molar refractivity (Wildman–Crippen MR) is 69.4 cm³/mol. The number of piperidine rings is 1. The minimum atomic E-state index is 0.508. The van der Waals surface area contributed by atoms with Crippen LogP contribution in [0.5, 0.6) is 0 Å². The first-order valence-electron chi connectivity index (χ1n) is 7.07. The van der Waals surface area contributed by atoms with Crippen LogP contribution in [0.15, 0.2) is 0 Å². The lowest BCUT2D eigenvalue weighted by molar-refractivity contribution is 0.0320. The summed E-state index contributed by atoms with van der Waals surface area (Å²) < 4.78 is 0. The van der Waals surface area contributed by atoms with Crippen molar-refractivity contribution in [2.45, 2.75) is 58.4 Å². The highest BCUT2D eigenvalue weighted by Crippen LogP contribution is 2.39. The molecule has 2 rings (SSSR count). The van der Waals surface area contributed by atoms with Gasteiger partial charge >= 0.3 is 0 Å². The van der Waals surface area contributed by atoms with Crippen molar-refractivity contribution in [3.63, 3.8) is 0 Å². The van der Waals surface area contributed by atoms with Crippen molar-refractivity contribution >= 4 is 0 Å². The Balaban J connectivity index is 1.94. The van der Waals surface area contributed by atoms with Gasteiger partial charge in [0.25, 0.3) is 0 Å². The zero-order chi connectivity index (χ0) is 11.6. The highest BCUT2D eigenvalue weighted by Gasteiger charge is 2.37. The molecule has 1 aliphatic heterocycles. The van der Waals surface area contributed by atoms with E-state index in [0.29, 0.717) is 5.41 Å². The standard InChI is InChI=1S/C14H28N2/c1-14(2)8-10-16(11-12(14)7-9-15)13-5-3-4-6-13/h12-13H,3-11,15H2,1-2H3. The summed E-state index contributed by atoms with van der Waals surface area (Å²) in [6.45, 7) is 8.33. The summed E-state index contributed by atoms with van der Waals surface area (Å²) in [6, 6.07) is 0.899. The van der Waals surface area contributed by atoms with Gasteiger partial charge in [0.1, 0.15) is 0 Å². The first-order chi connectivity index (χ1) is 7.63. The summed E-state index contributed by atoms with van der Waals surface area (Å²) >= 11 is 0. The minimum absolute atomic E-state index is 0.508. The SMILES string of the molecule is CC1(C)CCN(C2CCCC2)CC1CCN. The molecule has 0 amide bonds. The van der Waals surface area contributed by atoms with E-state index in [1.165, 1.54) is 51.6 Å². The minimum Gasteiger partial charge on any atom is -0.330 e. The monoisotopic (exact) mass is 224 g/mol. The quantitative estimate of drug-likeness (QED) is 0.798. The molecule has 2 fully saturated rings. The predicted octanol–water partition coefficient (Wildman–Crippen LogP) is 2.63. The van der Waals surface area contributed by atoms with Crippen LogP contribution in [0.4, 0.5) is 0 Å². The third-order valence-electron chi connectivity index (χ3n) is 4.96. The zero-order valence-corrected chi connectivity index (χ0v) is 11.0. The molecule has 0 radical (unpaired) electrons. The second-order valence-corrected chi connectivity index (χ2v) is 6.45. The van der Waals surface area contributed by atoms with Gasteiger partial charge in [-0.3, -0.25) is 0 Å². The Kier molecular flexibility index (Phi) is 3.91. The van der Waals surface area contributed by atoms with E-state index >= 15 is 0 Å². The van der Waals surface area contributed by atoms with Gasteiger partial charge in [-0.1, -0.05) is 26.7 Å². The summed E-state index contributed by atoms with van der Waals surface area (Å²) in [5, 5.41) is 0. The maximum Gasteiger partial charge on any atom is 0.00953 e. The first-order valence-corrected chi connectivity index (χ1v) is 7.07. The Labute approximate surface area is 101 Å². The Morgan fingerprint density at radius 1 is 1.25 bits per heavy atom. The molecule has 2 aliphatic rings. The number of nitrogens with zero attached hydrogens (tertiary/aromatic N) is 1. The maximum absolute atomic E-state index is 5.76. The smallest absolute Gasteiger partial charge is 0.00953 e. The largest absolute Gasteiger partial charge is 0.330 e. The molecule has 1 atom stereocenters. The van der Waals surface area contributed by atoms with E-state index in [1.54, 1.807) is 0 Å². The van der Waals surface area contributed by atoms with E-state index in [2.05, 4.69) is 18.7 Å². The van der Waals surface area contributed by atoms with Crippen molar-refractivity contribution in [3.8, 4) is 0 Å². The number of nitrogens with two attached hydrogens (primary N) is 1. The van der Waals surface area contributed by atoms with Crippen LogP contribution in [0, 0.1) is 11.3 Å². The molecule has 2 heteroatoms. The van der Waals surface area contributed by atoms with Crippen LogP contribution >= 0.6 is 0 Å². The van der Waals surface area contributed by atoms with Gasteiger partial charge in [-0.2, -0.15) is 0 Å². The summed E-state index contributed by atoms with van der Waals surface area (Å²) in [5.41, 5.74) is 6.27. The highest BCUT2D eigenvalue weighted by atomic mass is 15.2. The zero-order valence-electron chi connectivity index (χ0n) is 11.0. The Hall–Kier alpha value is -0.0800. The second kappa shape index (κ2) is 5.05. The Morgan fingerprint density at radius 3 is 2.56 bits per heavy atom. The number of likely N-dealkylation sites (tertiary alicyclic amines) is 1. The van der Waals surface area contributed by atoms with Crippen LogP contribution in [0.25, 0.3) is 0 Å². The lowest BCUT2D eigenvalue weighted by Gasteiger charge is -2.46. The molecular weight excluding hydrogens is 196 g/mol. The fraction of sp³-hybridized carbons (Fsp3) is 1.00. The van der Waals surface area contributed by atoms with E-state index in [9.17, 15) is 0 Å². The van der Waals surface area contributed by atoms with E-state index in [-0.39, 0.29) is 0 Å².